The molecule has 1 aliphatic carbocycles. The van der Waals surface area contributed by atoms with Crippen LogP contribution in [-0.4, -0.2) is 102 Å². The molecule has 2 aromatic rings. The van der Waals surface area contributed by atoms with Crippen LogP contribution in [0, 0.1) is 11.8 Å². The monoisotopic (exact) mass is 877 g/mol. The molecule has 0 heterocycles. The molecule has 13 N–H and O–H groups in total. The maximum Gasteiger partial charge on any atom is 0.326 e. The normalized spacial score (nSPS) is 15.6. The summed E-state index contributed by atoms with van der Waals surface area (Å²) in [7, 11) is 0. The van der Waals surface area contributed by atoms with Crippen molar-refractivity contribution in [3.05, 3.63) is 71.8 Å². The van der Waals surface area contributed by atoms with Crippen LogP contribution in [0.4, 0.5) is 0 Å². The first-order chi connectivity index (χ1) is 30.1. The van der Waals surface area contributed by atoms with Crippen LogP contribution in [-0.2, 0) is 46.4 Å². The number of nitrogens with two attached hydrogens (primary N) is 3. The molecule has 18 nitrogen and oxygen atoms in total. The first kappa shape index (κ1) is 51.3. The van der Waals surface area contributed by atoms with Crippen molar-refractivity contribution in [2.24, 2.45) is 34.0 Å². The third-order valence-corrected chi connectivity index (χ3v) is 11.0. The topological polar surface area (TPSA) is 302 Å². The third-order valence-electron chi connectivity index (χ3n) is 11.0. The third kappa shape index (κ3) is 18.5. The fraction of sp³-hybridized carbons (Fsp3) is 0.556. The summed E-state index contributed by atoms with van der Waals surface area (Å²) in [5, 5.41) is 26.4. The SMILES string of the molecule is CC(=O)NC(C(=O)N[C@H](C(=O)N[C@@H](CCCN=C(N)N)C(=O)N[C@@H](Cc1ccccc1)C(=O)N[C@@H](Cc1ccccc1)C(=O)N[C@@H](CCCCN)C(=O)O)C(C)C)C1CCCCC1. The number of guanidine groups is 1. The van der Waals surface area contributed by atoms with Crippen LogP contribution >= 0.6 is 0 Å². The molecule has 0 bridgehead atoms. The fourth-order valence-electron chi connectivity index (χ4n) is 7.58. The molecule has 346 valence electrons. The molecule has 0 radical (unpaired) electrons. The molecule has 63 heavy (non-hydrogen) atoms. The lowest BCUT2D eigenvalue weighted by atomic mass is 9.83. The summed E-state index contributed by atoms with van der Waals surface area (Å²) in [6.07, 6.45) is 5.80. The van der Waals surface area contributed by atoms with Gasteiger partial charge in [0.2, 0.25) is 35.4 Å². The summed E-state index contributed by atoms with van der Waals surface area (Å²) >= 11 is 0. The van der Waals surface area contributed by atoms with Crippen LogP contribution in [0.15, 0.2) is 65.7 Å². The average molecular weight is 877 g/mol. The van der Waals surface area contributed by atoms with Crippen LogP contribution < -0.4 is 49.1 Å². The summed E-state index contributed by atoms with van der Waals surface area (Å²) < 4.78 is 0. The van der Waals surface area contributed by atoms with Gasteiger partial charge in [-0.1, -0.05) is 93.8 Å². The number of hydrogen-bond donors (Lipinski definition) is 10. The molecule has 1 unspecified atom stereocenters. The minimum absolute atomic E-state index is 0.00881. The first-order valence-electron chi connectivity index (χ1n) is 21.9. The van der Waals surface area contributed by atoms with E-state index in [0.29, 0.717) is 30.5 Å². The van der Waals surface area contributed by atoms with Gasteiger partial charge in [0.05, 0.1) is 0 Å². The first-order valence-corrected chi connectivity index (χ1v) is 21.9. The van der Waals surface area contributed by atoms with Crippen molar-refractivity contribution in [3.8, 4) is 0 Å². The molecule has 2 aromatic carbocycles. The minimum Gasteiger partial charge on any atom is -0.480 e. The fourth-order valence-corrected chi connectivity index (χ4v) is 7.58. The van der Waals surface area contributed by atoms with Crippen LogP contribution in [0.25, 0.3) is 0 Å². The van der Waals surface area contributed by atoms with Crippen molar-refractivity contribution >= 4 is 47.4 Å². The Morgan fingerprint density at radius 3 is 1.60 bits per heavy atom. The Hall–Kier alpha value is -6.04. The molecule has 0 aromatic heterocycles. The largest absolute Gasteiger partial charge is 0.480 e. The summed E-state index contributed by atoms with van der Waals surface area (Å²) in [5.41, 5.74) is 18.0. The molecular formula is C45H68N10O8. The van der Waals surface area contributed by atoms with Crippen molar-refractivity contribution in [2.75, 3.05) is 13.1 Å². The molecular weight excluding hydrogens is 809 g/mol. The highest BCUT2D eigenvalue weighted by molar-refractivity contribution is 5.97. The Morgan fingerprint density at radius 1 is 0.635 bits per heavy atom. The van der Waals surface area contributed by atoms with Gasteiger partial charge in [0.15, 0.2) is 5.96 Å². The van der Waals surface area contributed by atoms with Gasteiger partial charge in [-0.05, 0) is 74.5 Å². The highest BCUT2D eigenvalue weighted by Crippen LogP contribution is 2.27. The maximum absolute atomic E-state index is 14.3. The van der Waals surface area contributed by atoms with Crippen molar-refractivity contribution in [3.63, 3.8) is 0 Å². The van der Waals surface area contributed by atoms with Gasteiger partial charge in [-0.15, -0.1) is 0 Å². The lowest BCUT2D eigenvalue weighted by Gasteiger charge is -2.32. The van der Waals surface area contributed by atoms with Gasteiger partial charge in [-0.3, -0.25) is 33.8 Å². The number of carbonyl (C=O) groups is 7. The van der Waals surface area contributed by atoms with E-state index in [1.165, 1.54) is 6.92 Å². The zero-order chi connectivity index (χ0) is 46.3. The van der Waals surface area contributed by atoms with Gasteiger partial charge in [0.1, 0.15) is 36.3 Å². The molecule has 1 aliphatic rings. The lowest BCUT2D eigenvalue weighted by molar-refractivity contribution is -0.142. The van der Waals surface area contributed by atoms with E-state index in [-0.39, 0.29) is 56.4 Å². The summed E-state index contributed by atoms with van der Waals surface area (Å²) in [6, 6.07) is 10.8. The lowest BCUT2D eigenvalue weighted by Crippen LogP contribution is -2.61. The number of benzene rings is 2. The van der Waals surface area contributed by atoms with Crippen molar-refractivity contribution in [1.29, 1.82) is 0 Å². The van der Waals surface area contributed by atoms with Gasteiger partial charge >= 0.3 is 5.97 Å². The van der Waals surface area contributed by atoms with Crippen molar-refractivity contribution in [1.82, 2.24) is 31.9 Å². The van der Waals surface area contributed by atoms with Gasteiger partial charge < -0.3 is 54.2 Å². The van der Waals surface area contributed by atoms with Gasteiger partial charge in [0, 0.05) is 26.3 Å². The Balaban J connectivity index is 1.92. The number of carbonyl (C=O) groups excluding carboxylic acids is 6. The standard InChI is InChI=1S/C45H68N10O8/c1-28(2)37(55-43(61)38(50-29(3)56)32-20-11-6-12-21-32)42(60)51-33(23-15-25-49-45(47)48)39(57)53-36(27-31-18-9-5-10-19-31)41(59)54-35(26-30-16-7-4-8-17-30)40(58)52-34(44(62)63)22-13-14-24-46/h4-5,7-10,16-19,28,32-38H,6,11-15,20-27,46H2,1-3H3,(H,50,56)(H,51,60)(H,52,58)(H,53,57)(H,54,59)(H,55,61)(H,62,63)(H4,47,48,49)/t33-,34-,35-,36-,37-,38?/m0/s1. The number of amides is 6. The van der Waals surface area contributed by atoms with Crippen LogP contribution in [0.5, 0.6) is 0 Å². The van der Waals surface area contributed by atoms with E-state index in [4.69, 9.17) is 17.2 Å². The van der Waals surface area contributed by atoms with E-state index in [0.717, 1.165) is 32.1 Å². The van der Waals surface area contributed by atoms with Crippen molar-refractivity contribution in [2.45, 2.75) is 134 Å². The highest BCUT2D eigenvalue weighted by atomic mass is 16.4. The summed E-state index contributed by atoms with van der Waals surface area (Å²) in [5.74, 6) is -5.65. The van der Waals surface area contributed by atoms with E-state index < -0.39 is 77.7 Å². The molecule has 18 heteroatoms. The molecule has 6 atom stereocenters. The van der Waals surface area contributed by atoms with Gasteiger partial charge in [-0.25, -0.2) is 4.79 Å². The van der Waals surface area contributed by atoms with Crippen LogP contribution in [0.1, 0.15) is 96.1 Å². The second-order valence-corrected chi connectivity index (χ2v) is 16.5. The molecule has 6 amide bonds. The van der Waals surface area contributed by atoms with Gasteiger partial charge in [0.25, 0.3) is 0 Å². The number of nitrogens with zero attached hydrogens (tertiary/aromatic N) is 1. The van der Waals surface area contributed by atoms with Gasteiger partial charge in [-0.2, -0.15) is 0 Å². The Kier molecular flexibility index (Phi) is 22.1. The number of carboxylic acid groups (broad SMARTS) is 1. The second-order valence-electron chi connectivity index (χ2n) is 16.5. The predicted molar refractivity (Wildman–Crippen MR) is 239 cm³/mol. The molecule has 0 saturated heterocycles. The molecule has 0 aliphatic heterocycles. The number of hydrogen-bond acceptors (Lipinski definition) is 9. The Morgan fingerprint density at radius 2 is 1.13 bits per heavy atom. The number of unbranched alkanes of at least 4 members (excludes halogenated alkanes) is 1. The predicted octanol–water partition coefficient (Wildman–Crippen LogP) is 0.904. The van der Waals surface area contributed by atoms with E-state index in [1.807, 2.05) is 0 Å². The second kappa shape index (κ2) is 27.1. The maximum atomic E-state index is 14.3. The van der Waals surface area contributed by atoms with E-state index in [1.54, 1.807) is 74.5 Å². The smallest absolute Gasteiger partial charge is 0.326 e. The van der Waals surface area contributed by atoms with Crippen LogP contribution in [0.3, 0.4) is 0 Å². The van der Waals surface area contributed by atoms with Crippen LogP contribution in [0.2, 0.25) is 0 Å². The quantitative estimate of drug-likeness (QED) is 0.0360. The number of aliphatic imine (C=N–C) groups is 1. The Labute approximate surface area is 370 Å². The van der Waals surface area contributed by atoms with E-state index in [2.05, 4.69) is 36.9 Å². The zero-order valence-electron chi connectivity index (χ0n) is 36.8. The average Bonchev–Trinajstić information content (AvgIpc) is 3.25. The number of carboxylic acids is 1. The van der Waals surface area contributed by atoms with E-state index >= 15 is 0 Å². The van der Waals surface area contributed by atoms with Crippen molar-refractivity contribution < 1.29 is 38.7 Å². The number of nitrogens with one attached hydrogen (secondary N) is 6. The highest BCUT2D eigenvalue weighted by Gasteiger charge is 2.36. The molecule has 0 spiro atoms. The number of rotatable bonds is 26. The summed E-state index contributed by atoms with van der Waals surface area (Å²) in [6.45, 7) is 5.31. The molecule has 3 rings (SSSR count). The summed E-state index contributed by atoms with van der Waals surface area (Å²) in [4.78, 5) is 98.6. The minimum atomic E-state index is -1.28. The zero-order valence-corrected chi connectivity index (χ0v) is 36.8. The molecule has 1 saturated carbocycles. The van der Waals surface area contributed by atoms with E-state index in [9.17, 15) is 38.7 Å². The number of aliphatic carboxylic acids is 1. The molecule has 1 fully saturated rings. The Bertz CT molecular complexity index is 1820.